The van der Waals surface area contributed by atoms with Crippen molar-refractivity contribution in [2.75, 3.05) is 31.9 Å². The summed E-state index contributed by atoms with van der Waals surface area (Å²) in [6.45, 7) is 0. The van der Waals surface area contributed by atoms with E-state index in [2.05, 4.69) is 0 Å². The van der Waals surface area contributed by atoms with Crippen LogP contribution in [-0.2, 0) is 14.6 Å². The van der Waals surface area contributed by atoms with E-state index in [1.165, 1.54) is 24.1 Å². The minimum atomic E-state index is -3.53. The monoisotopic (exact) mass is 363 g/mol. The first-order chi connectivity index (χ1) is 11.9. The molecule has 25 heavy (non-hydrogen) atoms. The zero-order valence-electron chi connectivity index (χ0n) is 14.4. The van der Waals surface area contributed by atoms with Crippen LogP contribution in [0.5, 0.6) is 11.5 Å². The third-order valence-electron chi connectivity index (χ3n) is 3.84. The number of amides is 1. The number of hydrogen-bond donors (Lipinski definition) is 0. The topological polar surface area (TPSA) is 72.9 Å². The maximum atomic E-state index is 12.4. The molecule has 6 nitrogen and oxygen atoms in total. The van der Waals surface area contributed by atoms with Crippen molar-refractivity contribution in [3.8, 4) is 11.5 Å². The summed E-state index contributed by atoms with van der Waals surface area (Å²) >= 11 is 0. The summed E-state index contributed by atoms with van der Waals surface area (Å²) in [6, 6.07) is 13.1. The standard InChI is InChI=1S/C18H21NO5S/c1-19(14-4-6-15(23-2)7-5-14)18(20)12-13-25(21,22)17-10-8-16(24-3)9-11-17/h4-11H,12-13H2,1-3H3. The molecule has 1 amide bonds. The maximum Gasteiger partial charge on any atom is 0.227 e. The summed E-state index contributed by atoms with van der Waals surface area (Å²) in [4.78, 5) is 13.9. The highest BCUT2D eigenvalue weighted by atomic mass is 32.2. The number of carbonyl (C=O) groups excluding carboxylic acids is 1. The van der Waals surface area contributed by atoms with Gasteiger partial charge in [-0.3, -0.25) is 4.79 Å². The van der Waals surface area contributed by atoms with Gasteiger partial charge < -0.3 is 14.4 Å². The van der Waals surface area contributed by atoms with Crippen molar-refractivity contribution in [2.24, 2.45) is 0 Å². The van der Waals surface area contributed by atoms with E-state index in [4.69, 9.17) is 9.47 Å². The molecule has 0 heterocycles. The quantitative estimate of drug-likeness (QED) is 0.756. The van der Waals surface area contributed by atoms with E-state index in [1.807, 2.05) is 0 Å². The predicted octanol–water partition coefficient (Wildman–Crippen LogP) is 2.53. The lowest BCUT2D eigenvalue weighted by Crippen LogP contribution is -2.28. The third kappa shape index (κ3) is 4.73. The SMILES string of the molecule is COc1ccc(N(C)C(=O)CCS(=O)(=O)c2ccc(OC)cc2)cc1. The number of hydrogen-bond acceptors (Lipinski definition) is 5. The minimum absolute atomic E-state index is 0.100. The zero-order valence-corrected chi connectivity index (χ0v) is 15.2. The van der Waals surface area contributed by atoms with E-state index < -0.39 is 9.84 Å². The number of ether oxygens (including phenoxy) is 2. The molecule has 2 rings (SSSR count). The lowest BCUT2D eigenvalue weighted by atomic mass is 10.2. The lowest BCUT2D eigenvalue weighted by molar-refractivity contribution is -0.117. The van der Waals surface area contributed by atoms with Crippen molar-refractivity contribution >= 4 is 21.4 Å². The Morgan fingerprint density at radius 3 is 1.88 bits per heavy atom. The molecule has 0 unspecified atom stereocenters. The lowest BCUT2D eigenvalue weighted by Gasteiger charge is -2.17. The zero-order chi connectivity index (χ0) is 18.4. The second-order valence-electron chi connectivity index (χ2n) is 5.40. The van der Waals surface area contributed by atoms with Gasteiger partial charge in [0.1, 0.15) is 11.5 Å². The third-order valence-corrected chi connectivity index (χ3v) is 5.57. The van der Waals surface area contributed by atoms with E-state index in [9.17, 15) is 13.2 Å². The largest absolute Gasteiger partial charge is 0.497 e. The van der Waals surface area contributed by atoms with Gasteiger partial charge in [-0.25, -0.2) is 8.42 Å². The molecule has 0 atom stereocenters. The fourth-order valence-corrected chi connectivity index (χ4v) is 3.47. The summed E-state index contributed by atoms with van der Waals surface area (Å²) in [5.74, 6) is 0.738. The molecule has 0 spiro atoms. The first kappa shape index (κ1) is 18.8. The van der Waals surface area contributed by atoms with Crippen LogP contribution in [0.3, 0.4) is 0 Å². The van der Waals surface area contributed by atoms with Crippen molar-refractivity contribution in [3.05, 3.63) is 48.5 Å². The van der Waals surface area contributed by atoms with Gasteiger partial charge in [0, 0.05) is 19.2 Å². The van der Waals surface area contributed by atoms with Crippen molar-refractivity contribution in [1.82, 2.24) is 0 Å². The Hall–Kier alpha value is -2.54. The van der Waals surface area contributed by atoms with Crippen molar-refractivity contribution in [3.63, 3.8) is 0 Å². The molecule has 0 aliphatic carbocycles. The van der Waals surface area contributed by atoms with Crippen molar-refractivity contribution in [1.29, 1.82) is 0 Å². The smallest absolute Gasteiger partial charge is 0.227 e. The molecule has 0 N–H and O–H groups in total. The molecule has 0 saturated heterocycles. The Bertz CT molecular complexity index is 814. The van der Waals surface area contributed by atoms with Gasteiger partial charge in [-0.1, -0.05) is 0 Å². The van der Waals surface area contributed by atoms with Crippen LogP contribution in [0.15, 0.2) is 53.4 Å². The van der Waals surface area contributed by atoms with E-state index >= 15 is 0 Å². The molecular formula is C18H21NO5S. The van der Waals surface area contributed by atoms with Crippen molar-refractivity contribution in [2.45, 2.75) is 11.3 Å². The van der Waals surface area contributed by atoms with Gasteiger partial charge in [0.05, 0.1) is 24.9 Å². The highest BCUT2D eigenvalue weighted by molar-refractivity contribution is 7.91. The van der Waals surface area contributed by atoms with Crippen LogP contribution in [0.25, 0.3) is 0 Å². The number of benzene rings is 2. The van der Waals surface area contributed by atoms with E-state index in [1.54, 1.807) is 50.6 Å². The average molecular weight is 363 g/mol. The molecule has 0 radical (unpaired) electrons. The maximum absolute atomic E-state index is 12.4. The van der Waals surface area contributed by atoms with Gasteiger partial charge >= 0.3 is 0 Å². The van der Waals surface area contributed by atoms with Gasteiger partial charge in [0.25, 0.3) is 0 Å². The first-order valence-electron chi connectivity index (χ1n) is 7.65. The molecule has 0 aliphatic heterocycles. The Kier molecular flexibility index (Phi) is 6.03. The van der Waals surface area contributed by atoms with E-state index in [-0.39, 0.29) is 23.0 Å². The Morgan fingerprint density at radius 2 is 1.40 bits per heavy atom. The molecule has 0 aliphatic rings. The molecule has 2 aromatic rings. The van der Waals surface area contributed by atoms with E-state index in [0.717, 1.165) is 0 Å². The summed E-state index contributed by atoms with van der Waals surface area (Å²) in [7, 11) is 1.16. The van der Waals surface area contributed by atoms with Gasteiger partial charge in [0.2, 0.25) is 5.91 Å². The molecule has 0 fully saturated rings. The predicted molar refractivity (Wildman–Crippen MR) is 96.1 cm³/mol. The van der Waals surface area contributed by atoms with Crippen LogP contribution in [0.1, 0.15) is 6.42 Å². The number of nitrogens with zero attached hydrogens (tertiary/aromatic N) is 1. The van der Waals surface area contributed by atoms with Gasteiger partial charge in [0.15, 0.2) is 9.84 Å². The van der Waals surface area contributed by atoms with Crippen LogP contribution in [0, 0.1) is 0 Å². The van der Waals surface area contributed by atoms with Crippen LogP contribution in [0.4, 0.5) is 5.69 Å². The number of methoxy groups -OCH3 is 2. The molecular weight excluding hydrogens is 342 g/mol. The number of anilines is 1. The van der Waals surface area contributed by atoms with Crippen molar-refractivity contribution < 1.29 is 22.7 Å². The molecule has 134 valence electrons. The number of rotatable bonds is 7. The minimum Gasteiger partial charge on any atom is -0.497 e. The molecule has 0 bridgehead atoms. The van der Waals surface area contributed by atoms with Crippen LogP contribution in [0.2, 0.25) is 0 Å². The van der Waals surface area contributed by atoms with Gasteiger partial charge in [-0.2, -0.15) is 0 Å². The molecule has 0 saturated carbocycles. The first-order valence-corrected chi connectivity index (χ1v) is 9.30. The summed E-state index contributed by atoms with van der Waals surface area (Å²) in [5, 5.41) is 0. The Morgan fingerprint density at radius 1 is 0.920 bits per heavy atom. The summed E-state index contributed by atoms with van der Waals surface area (Å²) in [5.41, 5.74) is 0.674. The highest BCUT2D eigenvalue weighted by Crippen LogP contribution is 2.20. The summed E-state index contributed by atoms with van der Waals surface area (Å²) < 4.78 is 34.8. The molecule has 0 aromatic heterocycles. The fourth-order valence-electron chi connectivity index (χ4n) is 2.24. The van der Waals surface area contributed by atoms with E-state index in [0.29, 0.717) is 17.2 Å². The summed E-state index contributed by atoms with van der Waals surface area (Å²) in [6.07, 6.45) is -0.100. The van der Waals surface area contributed by atoms with Crippen LogP contribution >= 0.6 is 0 Å². The average Bonchev–Trinajstić information content (AvgIpc) is 2.65. The van der Waals surface area contributed by atoms with Gasteiger partial charge in [-0.05, 0) is 48.5 Å². The Balaban J connectivity index is 2.01. The number of carbonyl (C=O) groups is 1. The second-order valence-corrected chi connectivity index (χ2v) is 7.50. The second kappa shape index (κ2) is 8.02. The molecule has 2 aromatic carbocycles. The van der Waals surface area contributed by atoms with Crippen LogP contribution in [-0.4, -0.2) is 41.3 Å². The Labute approximate surface area is 147 Å². The van der Waals surface area contributed by atoms with Crippen LogP contribution < -0.4 is 14.4 Å². The molecule has 7 heteroatoms. The highest BCUT2D eigenvalue weighted by Gasteiger charge is 2.19. The van der Waals surface area contributed by atoms with Gasteiger partial charge in [-0.15, -0.1) is 0 Å². The number of sulfone groups is 1. The normalized spacial score (nSPS) is 11.0. The fraction of sp³-hybridized carbons (Fsp3) is 0.278.